The Bertz CT molecular complexity index is 549. The van der Waals surface area contributed by atoms with Gasteiger partial charge in [-0.2, -0.15) is 4.37 Å². The second kappa shape index (κ2) is 5.24. The summed E-state index contributed by atoms with van der Waals surface area (Å²) in [6.07, 6.45) is 0. The number of nitrogens with two attached hydrogens (primary N) is 1. The summed E-state index contributed by atoms with van der Waals surface area (Å²) >= 11 is 1.14. The van der Waals surface area contributed by atoms with Gasteiger partial charge in [0, 0.05) is 11.5 Å². The Morgan fingerprint density at radius 2 is 2.00 bits per heavy atom. The average molecular weight is 262 g/mol. The molecule has 94 valence electrons. The zero-order chi connectivity index (χ0) is 13.1. The zero-order valence-electron chi connectivity index (χ0n) is 10.2. The highest BCUT2D eigenvalue weighted by Crippen LogP contribution is 2.15. The number of rotatable bonds is 3. The van der Waals surface area contributed by atoms with Crippen LogP contribution < -0.4 is 11.1 Å². The molecular formula is C12H14N4OS. The average Bonchev–Trinajstić information content (AvgIpc) is 2.75. The summed E-state index contributed by atoms with van der Waals surface area (Å²) in [5.41, 5.74) is 7.80. The molecule has 5 nitrogen and oxygen atoms in total. The molecule has 1 aromatic heterocycles. The molecule has 1 atom stereocenters. The van der Waals surface area contributed by atoms with Crippen molar-refractivity contribution in [1.82, 2.24) is 9.36 Å². The van der Waals surface area contributed by atoms with Crippen molar-refractivity contribution in [2.45, 2.75) is 19.9 Å². The minimum atomic E-state index is -0.699. The molecule has 1 aromatic carbocycles. The SMILES string of the molecule is Cc1ccc(C(N)C(=O)Nc2nc(C)ns2)cc1. The monoisotopic (exact) mass is 262 g/mol. The van der Waals surface area contributed by atoms with Gasteiger partial charge in [0.05, 0.1) is 0 Å². The number of aryl methyl sites for hydroxylation is 2. The van der Waals surface area contributed by atoms with Crippen molar-refractivity contribution in [2.24, 2.45) is 5.73 Å². The number of anilines is 1. The molecule has 2 aromatic rings. The highest BCUT2D eigenvalue weighted by molar-refractivity contribution is 7.09. The first-order valence-corrected chi connectivity index (χ1v) is 6.27. The molecule has 0 fully saturated rings. The van der Waals surface area contributed by atoms with Gasteiger partial charge in [0.15, 0.2) is 0 Å². The minimum Gasteiger partial charge on any atom is -0.316 e. The van der Waals surface area contributed by atoms with Crippen molar-refractivity contribution in [3.8, 4) is 0 Å². The molecule has 1 amide bonds. The fourth-order valence-electron chi connectivity index (χ4n) is 1.46. The van der Waals surface area contributed by atoms with Crippen LogP contribution in [0.15, 0.2) is 24.3 Å². The predicted octanol–water partition coefficient (Wildman–Crippen LogP) is 1.79. The number of aromatic nitrogens is 2. The van der Waals surface area contributed by atoms with Crippen molar-refractivity contribution in [1.29, 1.82) is 0 Å². The van der Waals surface area contributed by atoms with Crippen molar-refractivity contribution in [3.05, 3.63) is 41.2 Å². The highest BCUT2D eigenvalue weighted by atomic mass is 32.1. The molecule has 0 aliphatic carbocycles. The molecule has 1 unspecified atom stereocenters. The predicted molar refractivity (Wildman–Crippen MR) is 71.4 cm³/mol. The highest BCUT2D eigenvalue weighted by Gasteiger charge is 2.17. The molecule has 0 bridgehead atoms. The van der Waals surface area contributed by atoms with Crippen LogP contribution in [0.5, 0.6) is 0 Å². The number of carbonyl (C=O) groups is 1. The van der Waals surface area contributed by atoms with E-state index in [0.717, 1.165) is 22.7 Å². The third-order valence-corrected chi connectivity index (χ3v) is 3.20. The lowest BCUT2D eigenvalue weighted by molar-refractivity contribution is -0.117. The molecule has 6 heteroatoms. The summed E-state index contributed by atoms with van der Waals surface area (Å²) in [5, 5.41) is 3.13. The number of nitrogens with zero attached hydrogens (tertiary/aromatic N) is 2. The van der Waals surface area contributed by atoms with E-state index in [-0.39, 0.29) is 5.91 Å². The zero-order valence-corrected chi connectivity index (χ0v) is 11.0. The Labute approximate surface area is 109 Å². The summed E-state index contributed by atoms with van der Waals surface area (Å²) in [7, 11) is 0. The van der Waals surface area contributed by atoms with Gasteiger partial charge in [0.2, 0.25) is 11.0 Å². The molecule has 2 rings (SSSR count). The molecule has 0 saturated heterocycles. The smallest absolute Gasteiger partial charge is 0.247 e. The molecule has 1 heterocycles. The van der Waals surface area contributed by atoms with Crippen LogP contribution in [-0.2, 0) is 4.79 Å². The summed E-state index contributed by atoms with van der Waals surface area (Å²) in [6, 6.07) is 6.86. The summed E-state index contributed by atoms with van der Waals surface area (Å²) < 4.78 is 3.99. The van der Waals surface area contributed by atoms with E-state index in [9.17, 15) is 4.79 Å². The van der Waals surface area contributed by atoms with Gasteiger partial charge in [0.25, 0.3) is 0 Å². The molecular weight excluding hydrogens is 248 g/mol. The van der Waals surface area contributed by atoms with Crippen LogP contribution in [0.2, 0.25) is 0 Å². The van der Waals surface area contributed by atoms with E-state index < -0.39 is 6.04 Å². The van der Waals surface area contributed by atoms with Crippen LogP contribution in [0.25, 0.3) is 0 Å². The van der Waals surface area contributed by atoms with E-state index in [1.807, 2.05) is 31.2 Å². The van der Waals surface area contributed by atoms with Gasteiger partial charge in [-0.15, -0.1) is 0 Å². The van der Waals surface area contributed by atoms with Gasteiger partial charge >= 0.3 is 0 Å². The number of carbonyl (C=O) groups excluding carboxylic acids is 1. The molecule has 0 radical (unpaired) electrons. The maximum absolute atomic E-state index is 11.9. The first-order valence-electron chi connectivity index (χ1n) is 5.49. The van der Waals surface area contributed by atoms with E-state index in [4.69, 9.17) is 5.73 Å². The van der Waals surface area contributed by atoms with Crippen LogP contribution in [0, 0.1) is 13.8 Å². The molecule has 3 N–H and O–H groups in total. The lowest BCUT2D eigenvalue weighted by atomic mass is 10.1. The van der Waals surface area contributed by atoms with Crippen LogP contribution >= 0.6 is 11.5 Å². The van der Waals surface area contributed by atoms with E-state index in [2.05, 4.69) is 14.7 Å². The Balaban J connectivity index is 2.07. The second-order valence-electron chi connectivity index (χ2n) is 4.02. The molecule has 0 saturated carbocycles. The lowest BCUT2D eigenvalue weighted by Gasteiger charge is -2.11. The van der Waals surface area contributed by atoms with E-state index in [1.54, 1.807) is 6.92 Å². The summed E-state index contributed by atoms with van der Waals surface area (Å²) in [5.74, 6) is 0.356. The Morgan fingerprint density at radius 1 is 1.33 bits per heavy atom. The fourth-order valence-corrected chi connectivity index (χ4v) is 2.03. The van der Waals surface area contributed by atoms with Crippen LogP contribution in [-0.4, -0.2) is 15.3 Å². The first kappa shape index (κ1) is 12.7. The Hall–Kier alpha value is -1.79. The first-order chi connectivity index (χ1) is 8.56. The third-order valence-electron chi connectivity index (χ3n) is 2.48. The van der Waals surface area contributed by atoms with Crippen LogP contribution in [0.3, 0.4) is 0 Å². The van der Waals surface area contributed by atoms with Crippen LogP contribution in [0.4, 0.5) is 5.13 Å². The van der Waals surface area contributed by atoms with Crippen molar-refractivity contribution in [2.75, 3.05) is 5.32 Å². The van der Waals surface area contributed by atoms with Gasteiger partial charge in [-0.25, -0.2) is 4.98 Å². The van der Waals surface area contributed by atoms with Gasteiger partial charge in [-0.05, 0) is 19.4 Å². The number of hydrogen-bond donors (Lipinski definition) is 2. The Kier molecular flexibility index (Phi) is 3.69. The fraction of sp³-hybridized carbons (Fsp3) is 0.250. The minimum absolute atomic E-state index is 0.282. The lowest BCUT2D eigenvalue weighted by Crippen LogP contribution is -2.27. The second-order valence-corrected chi connectivity index (χ2v) is 4.78. The Morgan fingerprint density at radius 3 is 2.56 bits per heavy atom. The van der Waals surface area contributed by atoms with Gasteiger partial charge in [0.1, 0.15) is 11.9 Å². The topological polar surface area (TPSA) is 80.9 Å². The van der Waals surface area contributed by atoms with E-state index in [0.29, 0.717) is 11.0 Å². The summed E-state index contributed by atoms with van der Waals surface area (Å²) in [6.45, 7) is 3.76. The standard InChI is InChI=1S/C12H14N4OS/c1-7-3-5-9(6-4-7)10(13)11(17)15-12-14-8(2)16-18-12/h3-6,10H,13H2,1-2H3,(H,14,15,16,17). The van der Waals surface area contributed by atoms with Crippen molar-refractivity contribution >= 4 is 22.6 Å². The maximum atomic E-state index is 11.9. The van der Waals surface area contributed by atoms with Gasteiger partial charge in [-0.1, -0.05) is 29.8 Å². The van der Waals surface area contributed by atoms with Gasteiger partial charge in [-0.3, -0.25) is 10.1 Å². The van der Waals surface area contributed by atoms with E-state index in [1.165, 1.54) is 0 Å². The largest absolute Gasteiger partial charge is 0.316 e. The maximum Gasteiger partial charge on any atom is 0.247 e. The van der Waals surface area contributed by atoms with Crippen LogP contribution in [0.1, 0.15) is 23.0 Å². The molecule has 0 spiro atoms. The third kappa shape index (κ3) is 2.91. The normalized spacial score (nSPS) is 12.2. The number of benzene rings is 1. The van der Waals surface area contributed by atoms with Gasteiger partial charge < -0.3 is 5.73 Å². The number of hydrogen-bond acceptors (Lipinski definition) is 5. The number of amides is 1. The summed E-state index contributed by atoms with van der Waals surface area (Å²) in [4.78, 5) is 16.0. The molecule has 18 heavy (non-hydrogen) atoms. The van der Waals surface area contributed by atoms with Crippen molar-refractivity contribution in [3.63, 3.8) is 0 Å². The number of nitrogens with one attached hydrogen (secondary N) is 1. The molecule has 0 aliphatic rings. The molecule has 0 aliphatic heterocycles. The van der Waals surface area contributed by atoms with Crippen molar-refractivity contribution < 1.29 is 4.79 Å². The quantitative estimate of drug-likeness (QED) is 0.883. The van der Waals surface area contributed by atoms with E-state index >= 15 is 0 Å².